The number of nitrogens with one attached hydrogen (secondary N) is 1. The number of piperazine rings is 1. The second-order valence-electron chi connectivity index (χ2n) is 6.45. The molecule has 3 rings (SSSR count). The molecule has 1 saturated heterocycles. The third-order valence-electron chi connectivity index (χ3n) is 4.62. The van der Waals surface area contributed by atoms with E-state index in [9.17, 15) is 9.59 Å². The van der Waals surface area contributed by atoms with Gasteiger partial charge in [0.2, 0.25) is 11.8 Å². The molecule has 0 aromatic heterocycles. The predicted molar refractivity (Wildman–Crippen MR) is 105 cm³/mol. The minimum Gasteiger partial charge on any atom is -0.455 e. The normalized spacial score (nSPS) is 14.6. The van der Waals surface area contributed by atoms with Crippen LogP contribution >= 0.6 is 0 Å². The smallest absolute Gasteiger partial charge is 0.233 e. The molecule has 142 valence electrons. The van der Waals surface area contributed by atoms with E-state index in [-0.39, 0.29) is 18.2 Å². The Bertz CT molecular complexity index is 771. The molecule has 0 radical (unpaired) electrons. The van der Waals surface area contributed by atoms with Crippen LogP contribution in [0.25, 0.3) is 0 Å². The lowest BCUT2D eigenvalue weighted by atomic mass is 10.2. The lowest BCUT2D eigenvalue weighted by molar-refractivity contribution is -0.136. The highest BCUT2D eigenvalue weighted by atomic mass is 16.5. The fourth-order valence-electron chi connectivity index (χ4n) is 3.03. The predicted octanol–water partition coefficient (Wildman–Crippen LogP) is 2.97. The van der Waals surface area contributed by atoms with Crippen LogP contribution in [0.4, 0.5) is 5.69 Å². The first kappa shape index (κ1) is 18.9. The molecule has 1 heterocycles. The van der Waals surface area contributed by atoms with Crippen molar-refractivity contribution in [2.24, 2.45) is 0 Å². The number of carbonyl (C=O) groups excluding carboxylic acids is 2. The van der Waals surface area contributed by atoms with Crippen molar-refractivity contribution in [3.63, 3.8) is 0 Å². The highest BCUT2D eigenvalue weighted by Gasteiger charge is 2.22. The molecule has 0 saturated carbocycles. The highest BCUT2D eigenvalue weighted by Crippen LogP contribution is 2.29. The second kappa shape index (κ2) is 9.19. The van der Waals surface area contributed by atoms with Crippen LogP contribution in [-0.2, 0) is 9.59 Å². The molecule has 1 N–H and O–H groups in total. The highest BCUT2D eigenvalue weighted by molar-refractivity contribution is 6.04. The van der Waals surface area contributed by atoms with Crippen molar-refractivity contribution >= 4 is 17.5 Å². The molecule has 0 aliphatic carbocycles. The first-order valence-corrected chi connectivity index (χ1v) is 9.27. The van der Waals surface area contributed by atoms with E-state index in [2.05, 4.69) is 17.1 Å². The van der Waals surface area contributed by atoms with E-state index in [0.29, 0.717) is 30.3 Å². The van der Waals surface area contributed by atoms with Crippen LogP contribution in [0.2, 0.25) is 0 Å². The van der Waals surface area contributed by atoms with Crippen molar-refractivity contribution in [2.75, 3.05) is 38.0 Å². The van der Waals surface area contributed by atoms with E-state index >= 15 is 0 Å². The van der Waals surface area contributed by atoms with E-state index < -0.39 is 0 Å². The summed E-state index contributed by atoms with van der Waals surface area (Å²) >= 11 is 0. The Labute approximate surface area is 159 Å². The Hall–Kier alpha value is -2.86. The van der Waals surface area contributed by atoms with Crippen molar-refractivity contribution < 1.29 is 14.3 Å². The molecule has 2 aromatic carbocycles. The Morgan fingerprint density at radius 3 is 2.33 bits per heavy atom. The number of rotatable bonds is 6. The number of carbonyl (C=O) groups is 2. The maximum absolute atomic E-state index is 12.4. The van der Waals surface area contributed by atoms with Gasteiger partial charge in [-0.3, -0.25) is 9.59 Å². The van der Waals surface area contributed by atoms with E-state index in [0.717, 1.165) is 19.6 Å². The molecule has 0 atom stereocenters. The van der Waals surface area contributed by atoms with Crippen LogP contribution in [0.5, 0.6) is 11.5 Å². The first-order chi connectivity index (χ1) is 13.2. The quantitative estimate of drug-likeness (QED) is 0.798. The van der Waals surface area contributed by atoms with Crippen molar-refractivity contribution in [3.05, 3.63) is 54.6 Å². The van der Waals surface area contributed by atoms with Crippen LogP contribution in [0.1, 0.15) is 13.3 Å². The number of nitrogens with zero attached hydrogens (tertiary/aromatic N) is 2. The average molecular weight is 367 g/mol. The number of amides is 2. The SMILES string of the molecule is CCN1CCN(C(=O)CC(=O)Nc2ccccc2Oc2ccccc2)CC1. The summed E-state index contributed by atoms with van der Waals surface area (Å²) in [5.74, 6) is 0.761. The number of hydrogen-bond donors (Lipinski definition) is 1. The van der Waals surface area contributed by atoms with E-state index in [1.54, 1.807) is 17.0 Å². The standard InChI is InChI=1S/C21H25N3O3/c1-2-23-12-14-24(15-13-23)21(26)16-20(25)22-18-10-6-7-11-19(18)27-17-8-4-3-5-9-17/h3-11H,2,12-16H2,1H3,(H,22,25). The molecule has 2 aromatic rings. The summed E-state index contributed by atoms with van der Waals surface area (Å²) < 4.78 is 5.84. The topological polar surface area (TPSA) is 61.9 Å². The molecule has 1 fully saturated rings. The Morgan fingerprint density at radius 2 is 1.63 bits per heavy atom. The number of ether oxygens (including phenoxy) is 1. The van der Waals surface area contributed by atoms with Gasteiger partial charge in [-0.1, -0.05) is 37.3 Å². The zero-order valence-electron chi connectivity index (χ0n) is 15.6. The van der Waals surface area contributed by atoms with Gasteiger partial charge in [0.15, 0.2) is 5.75 Å². The monoisotopic (exact) mass is 367 g/mol. The van der Waals surface area contributed by atoms with Crippen LogP contribution in [0.15, 0.2) is 54.6 Å². The summed E-state index contributed by atoms with van der Waals surface area (Å²) in [5, 5.41) is 2.80. The molecule has 1 aliphatic heterocycles. The number of hydrogen-bond acceptors (Lipinski definition) is 4. The van der Waals surface area contributed by atoms with Gasteiger partial charge >= 0.3 is 0 Å². The van der Waals surface area contributed by atoms with Crippen molar-refractivity contribution in [1.82, 2.24) is 9.80 Å². The van der Waals surface area contributed by atoms with Crippen molar-refractivity contribution in [3.8, 4) is 11.5 Å². The van der Waals surface area contributed by atoms with Gasteiger partial charge in [0.25, 0.3) is 0 Å². The Morgan fingerprint density at radius 1 is 0.963 bits per heavy atom. The Balaban J connectivity index is 1.57. The fraction of sp³-hybridized carbons (Fsp3) is 0.333. The summed E-state index contributed by atoms with van der Waals surface area (Å²) in [6.07, 6.45) is -0.161. The Kier molecular flexibility index (Phi) is 6.44. The fourth-order valence-corrected chi connectivity index (χ4v) is 3.03. The number of anilines is 1. The van der Waals surface area contributed by atoms with Crippen LogP contribution < -0.4 is 10.1 Å². The summed E-state index contributed by atoms with van der Waals surface area (Å²) in [7, 11) is 0. The summed E-state index contributed by atoms with van der Waals surface area (Å²) in [4.78, 5) is 28.8. The summed E-state index contributed by atoms with van der Waals surface area (Å²) in [6, 6.07) is 16.6. The average Bonchev–Trinajstić information content (AvgIpc) is 2.70. The van der Waals surface area contributed by atoms with Gasteiger partial charge in [0.1, 0.15) is 12.2 Å². The molecule has 6 nitrogen and oxygen atoms in total. The molecule has 0 unspecified atom stereocenters. The zero-order chi connectivity index (χ0) is 19.1. The lowest BCUT2D eigenvalue weighted by Crippen LogP contribution is -2.49. The number of para-hydroxylation sites is 3. The van der Waals surface area contributed by atoms with E-state index in [1.807, 2.05) is 42.5 Å². The van der Waals surface area contributed by atoms with Crippen LogP contribution in [0.3, 0.4) is 0 Å². The number of benzene rings is 2. The van der Waals surface area contributed by atoms with Gasteiger partial charge in [-0.2, -0.15) is 0 Å². The third-order valence-corrected chi connectivity index (χ3v) is 4.62. The summed E-state index contributed by atoms with van der Waals surface area (Å²) in [6.45, 7) is 6.16. The molecule has 1 aliphatic rings. The third kappa shape index (κ3) is 5.31. The first-order valence-electron chi connectivity index (χ1n) is 9.27. The molecule has 6 heteroatoms. The minimum atomic E-state index is -0.331. The molecule has 0 spiro atoms. The van der Waals surface area contributed by atoms with Gasteiger partial charge in [-0.15, -0.1) is 0 Å². The second-order valence-corrected chi connectivity index (χ2v) is 6.45. The number of likely N-dealkylation sites (N-methyl/N-ethyl adjacent to an activating group) is 1. The van der Waals surface area contributed by atoms with Crippen LogP contribution in [0, 0.1) is 0 Å². The molecule has 0 bridgehead atoms. The summed E-state index contributed by atoms with van der Waals surface area (Å²) in [5.41, 5.74) is 0.551. The minimum absolute atomic E-state index is 0.135. The van der Waals surface area contributed by atoms with Gasteiger partial charge in [0.05, 0.1) is 5.69 Å². The molecular formula is C21H25N3O3. The van der Waals surface area contributed by atoms with E-state index in [4.69, 9.17) is 4.74 Å². The van der Waals surface area contributed by atoms with Gasteiger partial charge in [-0.25, -0.2) is 0 Å². The molecular weight excluding hydrogens is 342 g/mol. The van der Waals surface area contributed by atoms with E-state index in [1.165, 1.54) is 0 Å². The zero-order valence-corrected chi connectivity index (χ0v) is 15.6. The maximum atomic E-state index is 12.4. The van der Waals surface area contributed by atoms with Gasteiger partial charge < -0.3 is 19.9 Å². The van der Waals surface area contributed by atoms with Gasteiger partial charge in [-0.05, 0) is 30.8 Å². The maximum Gasteiger partial charge on any atom is 0.233 e. The largest absolute Gasteiger partial charge is 0.455 e. The van der Waals surface area contributed by atoms with Crippen molar-refractivity contribution in [1.29, 1.82) is 0 Å². The molecule has 27 heavy (non-hydrogen) atoms. The molecule has 2 amide bonds. The lowest BCUT2D eigenvalue weighted by Gasteiger charge is -2.34. The van der Waals surface area contributed by atoms with Crippen LogP contribution in [-0.4, -0.2) is 54.3 Å². The van der Waals surface area contributed by atoms with Crippen molar-refractivity contribution in [2.45, 2.75) is 13.3 Å². The van der Waals surface area contributed by atoms with Gasteiger partial charge in [0, 0.05) is 26.2 Å².